The van der Waals surface area contributed by atoms with Gasteiger partial charge in [-0.1, -0.05) is 32.9 Å². The van der Waals surface area contributed by atoms with E-state index in [2.05, 4.69) is 37.4 Å². The quantitative estimate of drug-likeness (QED) is 0.799. The van der Waals surface area contributed by atoms with Gasteiger partial charge in [0.15, 0.2) is 0 Å². The molecule has 2 heteroatoms. The Hall–Kier alpha value is -1.02. The van der Waals surface area contributed by atoms with Crippen LogP contribution in [0, 0.1) is 0 Å². The second kappa shape index (κ2) is 5.35. The fourth-order valence-electron chi connectivity index (χ4n) is 1.43. The maximum Gasteiger partial charge on any atom is 0.0788 e. The third-order valence-corrected chi connectivity index (χ3v) is 2.99. The lowest BCUT2D eigenvalue weighted by Crippen LogP contribution is -2.32. The molecular weight excluding hydrogens is 198 g/mol. The first-order chi connectivity index (χ1) is 7.44. The van der Waals surface area contributed by atoms with E-state index in [0.717, 1.165) is 12.1 Å². The SMILES string of the molecule is CCC(C)(O)CNc1cccc(C(C)C)c1. The zero-order valence-corrected chi connectivity index (χ0v) is 10.7. The first-order valence-electron chi connectivity index (χ1n) is 6.01. The predicted molar refractivity (Wildman–Crippen MR) is 69.9 cm³/mol. The Balaban J connectivity index is 2.64. The monoisotopic (exact) mass is 221 g/mol. The third kappa shape index (κ3) is 3.86. The minimum Gasteiger partial charge on any atom is -0.388 e. The summed E-state index contributed by atoms with van der Waals surface area (Å²) in [6.07, 6.45) is 0.754. The molecule has 0 aliphatic carbocycles. The molecule has 0 spiro atoms. The van der Waals surface area contributed by atoms with E-state index < -0.39 is 5.60 Å². The molecule has 1 unspecified atom stereocenters. The summed E-state index contributed by atoms with van der Waals surface area (Å²) in [7, 11) is 0. The van der Waals surface area contributed by atoms with Crippen molar-refractivity contribution in [3.8, 4) is 0 Å². The van der Waals surface area contributed by atoms with Gasteiger partial charge in [-0.05, 0) is 37.0 Å². The fraction of sp³-hybridized carbons (Fsp3) is 0.571. The van der Waals surface area contributed by atoms with Gasteiger partial charge in [0, 0.05) is 12.2 Å². The van der Waals surface area contributed by atoms with Crippen LogP contribution < -0.4 is 5.32 Å². The van der Waals surface area contributed by atoms with Gasteiger partial charge in [-0.2, -0.15) is 0 Å². The molecule has 1 rings (SSSR count). The molecule has 0 aliphatic rings. The van der Waals surface area contributed by atoms with Crippen LogP contribution in [0.3, 0.4) is 0 Å². The van der Waals surface area contributed by atoms with Crippen LogP contribution in [0.2, 0.25) is 0 Å². The molecule has 0 radical (unpaired) electrons. The third-order valence-electron chi connectivity index (χ3n) is 2.99. The molecule has 0 heterocycles. The van der Waals surface area contributed by atoms with Gasteiger partial charge >= 0.3 is 0 Å². The van der Waals surface area contributed by atoms with Crippen LogP contribution in [-0.4, -0.2) is 17.3 Å². The highest BCUT2D eigenvalue weighted by Crippen LogP contribution is 2.19. The topological polar surface area (TPSA) is 32.3 Å². The van der Waals surface area contributed by atoms with Crippen molar-refractivity contribution < 1.29 is 5.11 Å². The number of rotatable bonds is 5. The summed E-state index contributed by atoms with van der Waals surface area (Å²) in [5.74, 6) is 0.536. The van der Waals surface area contributed by atoms with Crippen molar-refractivity contribution in [3.63, 3.8) is 0 Å². The number of aliphatic hydroxyl groups is 1. The van der Waals surface area contributed by atoms with Gasteiger partial charge in [0.1, 0.15) is 0 Å². The Bertz CT molecular complexity index is 331. The summed E-state index contributed by atoms with van der Waals surface area (Å²) < 4.78 is 0. The van der Waals surface area contributed by atoms with Crippen molar-refractivity contribution in [3.05, 3.63) is 29.8 Å². The highest BCUT2D eigenvalue weighted by molar-refractivity contribution is 5.46. The van der Waals surface area contributed by atoms with Crippen LogP contribution in [0.5, 0.6) is 0 Å². The van der Waals surface area contributed by atoms with Crippen molar-refractivity contribution in [2.75, 3.05) is 11.9 Å². The Morgan fingerprint density at radius 1 is 1.38 bits per heavy atom. The molecule has 90 valence electrons. The summed E-state index contributed by atoms with van der Waals surface area (Å²) in [4.78, 5) is 0. The van der Waals surface area contributed by atoms with Crippen molar-refractivity contribution >= 4 is 5.69 Å². The second-order valence-corrected chi connectivity index (χ2v) is 4.98. The van der Waals surface area contributed by atoms with Crippen LogP contribution in [0.4, 0.5) is 5.69 Å². The van der Waals surface area contributed by atoms with Crippen LogP contribution in [0.1, 0.15) is 45.6 Å². The van der Waals surface area contributed by atoms with Crippen LogP contribution in [0.15, 0.2) is 24.3 Å². The standard InChI is InChI=1S/C14H23NO/c1-5-14(4,16)10-15-13-8-6-7-12(9-13)11(2)3/h6-9,11,15-16H,5,10H2,1-4H3. The number of benzene rings is 1. The van der Waals surface area contributed by atoms with Crippen LogP contribution in [0.25, 0.3) is 0 Å². The van der Waals surface area contributed by atoms with Gasteiger partial charge in [0.2, 0.25) is 0 Å². The van der Waals surface area contributed by atoms with E-state index in [1.807, 2.05) is 19.9 Å². The van der Waals surface area contributed by atoms with E-state index in [-0.39, 0.29) is 0 Å². The lowest BCUT2D eigenvalue weighted by Gasteiger charge is -2.22. The average molecular weight is 221 g/mol. The molecular formula is C14H23NO. The molecule has 2 N–H and O–H groups in total. The maximum atomic E-state index is 9.90. The normalized spacial score (nSPS) is 14.9. The van der Waals surface area contributed by atoms with Gasteiger partial charge in [0.05, 0.1) is 5.60 Å². The van der Waals surface area contributed by atoms with Crippen molar-refractivity contribution in [1.82, 2.24) is 0 Å². The number of nitrogens with one attached hydrogen (secondary N) is 1. The van der Waals surface area contributed by atoms with E-state index in [4.69, 9.17) is 0 Å². The Morgan fingerprint density at radius 3 is 2.62 bits per heavy atom. The van der Waals surface area contributed by atoms with E-state index in [0.29, 0.717) is 12.5 Å². The van der Waals surface area contributed by atoms with Crippen LogP contribution in [-0.2, 0) is 0 Å². The van der Waals surface area contributed by atoms with E-state index >= 15 is 0 Å². The van der Waals surface area contributed by atoms with Crippen LogP contribution >= 0.6 is 0 Å². The lowest BCUT2D eigenvalue weighted by atomic mass is 10.0. The molecule has 0 aromatic heterocycles. The first-order valence-corrected chi connectivity index (χ1v) is 6.01. The summed E-state index contributed by atoms with van der Waals surface area (Å²) in [6, 6.07) is 8.38. The van der Waals surface area contributed by atoms with E-state index in [1.165, 1.54) is 5.56 Å². The lowest BCUT2D eigenvalue weighted by molar-refractivity contribution is 0.0697. The molecule has 16 heavy (non-hydrogen) atoms. The highest BCUT2D eigenvalue weighted by Gasteiger charge is 2.16. The Morgan fingerprint density at radius 2 is 2.06 bits per heavy atom. The summed E-state index contributed by atoms with van der Waals surface area (Å²) in [5.41, 5.74) is 1.77. The minimum atomic E-state index is -0.631. The predicted octanol–water partition coefficient (Wildman–Crippen LogP) is 3.38. The van der Waals surface area contributed by atoms with Gasteiger partial charge in [0.25, 0.3) is 0 Å². The molecule has 0 fully saturated rings. The Labute approximate surface area is 98.7 Å². The maximum absolute atomic E-state index is 9.90. The molecule has 1 aromatic rings. The smallest absolute Gasteiger partial charge is 0.0788 e. The molecule has 0 saturated heterocycles. The summed E-state index contributed by atoms with van der Waals surface area (Å²) >= 11 is 0. The highest BCUT2D eigenvalue weighted by atomic mass is 16.3. The molecule has 1 atom stereocenters. The largest absolute Gasteiger partial charge is 0.388 e. The molecule has 0 bridgehead atoms. The van der Waals surface area contributed by atoms with E-state index in [1.54, 1.807) is 0 Å². The van der Waals surface area contributed by atoms with Crippen molar-refractivity contribution in [1.29, 1.82) is 0 Å². The number of anilines is 1. The zero-order chi connectivity index (χ0) is 12.2. The fourth-order valence-corrected chi connectivity index (χ4v) is 1.43. The minimum absolute atomic E-state index is 0.536. The van der Waals surface area contributed by atoms with Gasteiger partial charge in [-0.15, -0.1) is 0 Å². The van der Waals surface area contributed by atoms with Gasteiger partial charge in [-0.3, -0.25) is 0 Å². The molecule has 0 amide bonds. The van der Waals surface area contributed by atoms with Gasteiger partial charge in [-0.25, -0.2) is 0 Å². The van der Waals surface area contributed by atoms with Crippen molar-refractivity contribution in [2.45, 2.75) is 45.6 Å². The number of hydrogen-bond acceptors (Lipinski definition) is 2. The molecule has 1 aromatic carbocycles. The van der Waals surface area contributed by atoms with E-state index in [9.17, 15) is 5.11 Å². The number of hydrogen-bond donors (Lipinski definition) is 2. The first kappa shape index (κ1) is 13.0. The van der Waals surface area contributed by atoms with Gasteiger partial charge < -0.3 is 10.4 Å². The molecule has 0 saturated carbocycles. The van der Waals surface area contributed by atoms with Crippen molar-refractivity contribution in [2.24, 2.45) is 0 Å². The summed E-state index contributed by atoms with van der Waals surface area (Å²) in [5, 5.41) is 13.2. The Kier molecular flexibility index (Phi) is 4.36. The average Bonchev–Trinajstić information content (AvgIpc) is 2.27. The summed E-state index contributed by atoms with van der Waals surface area (Å²) in [6.45, 7) is 8.80. The molecule has 0 aliphatic heterocycles. The molecule has 2 nitrogen and oxygen atoms in total. The zero-order valence-electron chi connectivity index (χ0n) is 10.7. The second-order valence-electron chi connectivity index (χ2n) is 4.98.